The number of hydrogen-bond acceptors (Lipinski definition) is 5. The number of nitriles is 1. The maximum absolute atomic E-state index is 13.0. The fourth-order valence-corrected chi connectivity index (χ4v) is 4.25. The molecule has 31 heavy (non-hydrogen) atoms. The number of nitrogens with one attached hydrogen (secondary N) is 1. The fourth-order valence-electron chi connectivity index (χ4n) is 4.25. The summed E-state index contributed by atoms with van der Waals surface area (Å²) < 4.78 is 6.37. The Morgan fingerprint density at radius 2 is 1.87 bits per heavy atom. The zero-order valence-corrected chi connectivity index (χ0v) is 18.7. The van der Waals surface area contributed by atoms with Crippen molar-refractivity contribution in [1.82, 2.24) is 0 Å². The zero-order chi connectivity index (χ0) is 22.2. The predicted octanol–water partition coefficient (Wildman–Crippen LogP) is 5.77. The first-order chi connectivity index (χ1) is 14.8. The lowest BCUT2D eigenvalue weighted by Gasteiger charge is -2.37. The molecule has 0 spiro atoms. The molecule has 5 heteroatoms. The third-order valence-corrected chi connectivity index (χ3v) is 6.30. The van der Waals surface area contributed by atoms with E-state index in [-0.39, 0.29) is 11.5 Å². The van der Waals surface area contributed by atoms with Crippen LogP contribution in [0.15, 0.2) is 51.7 Å². The number of benzene rings is 2. The SMILES string of the molecule is Cc1cc(C(C)Nc2ccccc2C#N)c2oc(N3CCC(C)(C)CC3)cc(=O)c2c1. The number of anilines is 2. The lowest BCUT2D eigenvalue weighted by Crippen LogP contribution is -2.37. The topological polar surface area (TPSA) is 69.3 Å². The number of piperidine rings is 1. The molecule has 2 aromatic carbocycles. The quantitative estimate of drug-likeness (QED) is 0.585. The van der Waals surface area contributed by atoms with Gasteiger partial charge in [-0.1, -0.05) is 32.0 Å². The lowest BCUT2D eigenvalue weighted by molar-refractivity contribution is 0.274. The Bertz CT molecular complexity index is 1210. The van der Waals surface area contributed by atoms with Crippen LogP contribution in [0.4, 0.5) is 11.6 Å². The van der Waals surface area contributed by atoms with Crippen molar-refractivity contribution in [3.05, 3.63) is 69.4 Å². The average Bonchev–Trinajstić information content (AvgIpc) is 2.74. The molecule has 2 heterocycles. The highest BCUT2D eigenvalue weighted by atomic mass is 16.4. The van der Waals surface area contributed by atoms with Gasteiger partial charge in [0.15, 0.2) is 11.3 Å². The summed E-state index contributed by atoms with van der Waals surface area (Å²) in [4.78, 5) is 15.2. The van der Waals surface area contributed by atoms with Crippen LogP contribution in [0.25, 0.3) is 11.0 Å². The molecule has 0 amide bonds. The summed E-state index contributed by atoms with van der Waals surface area (Å²) in [5.41, 5.74) is 4.20. The first-order valence-corrected chi connectivity index (χ1v) is 10.9. The van der Waals surface area contributed by atoms with Crippen molar-refractivity contribution in [1.29, 1.82) is 5.26 Å². The van der Waals surface area contributed by atoms with Crippen LogP contribution in [0.5, 0.6) is 0 Å². The van der Waals surface area contributed by atoms with Gasteiger partial charge in [0, 0.05) is 24.7 Å². The molecule has 1 N–H and O–H groups in total. The van der Waals surface area contributed by atoms with E-state index >= 15 is 0 Å². The summed E-state index contributed by atoms with van der Waals surface area (Å²) in [6.07, 6.45) is 2.14. The molecule has 1 fully saturated rings. The van der Waals surface area contributed by atoms with Crippen LogP contribution in [0.3, 0.4) is 0 Å². The van der Waals surface area contributed by atoms with Crippen LogP contribution in [-0.4, -0.2) is 13.1 Å². The second-order valence-electron chi connectivity index (χ2n) is 9.35. The minimum atomic E-state index is -0.143. The molecular weight excluding hydrogens is 386 g/mol. The van der Waals surface area contributed by atoms with E-state index in [0.717, 1.165) is 42.7 Å². The number of aryl methyl sites for hydroxylation is 1. The Balaban J connectivity index is 1.75. The summed E-state index contributed by atoms with van der Waals surface area (Å²) in [5, 5.41) is 13.4. The molecule has 0 aliphatic carbocycles. The molecule has 0 bridgehead atoms. The minimum Gasteiger partial charge on any atom is -0.440 e. The van der Waals surface area contributed by atoms with Gasteiger partial charge in [0.1, 0.15) is 11.7 Å². The third-order valence-electron chi connectivity index (χ3n) is 6.30. The summed E-state index contributed by atoms with van der Waals surface area (Å²) >= 11 is 0. The Labute approximate surface area is 183 Å². The van der Waals surface area contributed by atoms with Gasteiger partial charge in [0.05, 0.1) is 22.7 Å². The summed E-state index contributed by atoms with van der Waals surface area (Å²) in [5.74, 6) is 0.641. The van der Waals surface area contributed by atoms with E-state index in [1.54, 1.807) is 12.1 Å². The van der Waals surface area contributed by atoms with Crippen LogP contribution in [-0.2, 0) is 0 Å². The Hall–Kier alpha value is -3.26. The van der Waals surface area contributed by atoms with Crippen molar-refractivity contribution < 1.29 is 4.42 Å². The molecule has 0 radical (unpaired) electrons. The molecule has 1 saturated heterocycles. The van der Waals surface area contributed by atoms with Crippen LogP contribution < -0.4 is 15.6 Å². The summed E-state index contributed by atoms with van der Waals surface area (Å²) in [6, 6.07) is 15.1. The molecule has 1 aliphatic rings. The number of nitrogens with zero attached hydrogens (tertiary/aromatic N) is 2. The van der Waals surface area contributed by atoms with E-state index in [0.29, 0.717) is 27.8 Å². The molecular formula is C26H29N3O2. The van der Waals surface area contributed by atoms with Gasteiger partial charge in [-0.25, -0.2) is 0 Å². The van der Waals surface area contributed by atoms with E-state index in [9.17, 15) is 10.1 Å². The first-order valence-electron chi connectivity index (χ1n) is 10.9. The first kappa shape index (κ1) is 21.0. The average molecular weight is 416 g/mol. The Morgan fingerprint density at radius 3 is 2.58 bits per heavy atom. The molecule has 0 saturated carbocycles. The van der Waals surface area contributed by atoms with Crippen LogP contribution >= 0.6 is 0 Å². The van der Waals surface area contributed by atoms with Gasteiger partial charge >= 0.3 is 0 Å². The summed E-state index contributed by atoms with van der Waals surface area (Å²) in [7, 11) is 0. The van der Waals surface area contributed by atoms with Crippen molar-refractivity contribution in [2.75, 3.05) is 23.3 Å². The molecule has 1 aliphatic heterocycles. The van der Waals surface area contributed by atoms with Crippen molar-refractivity contribution in [2.24, 2.45) is 5.41 Å². The largest absolute Gasteiger partial charge is 0.440 e. The van der Waals surface area contributed by atoms with Gasteiger partial charge in [0.2, 0.25) is 0 Å². The highest BCUT2D eigenvalue weighted by molar-refractivity contribution is 5.82. The Kier molecular flexibility index (Phi) is 5.49. The zero-order valence-electron chi connectivity index (χ0n) is 18.7. The van der Waals surface area contributed by atoms with Crippen molar-refractivity contribution >= 4 is 22.5 Å². The van der Waals surface area contributed by atoms with Crippen LogP contribution in [0.1, 0.15) is 56.3 Å². The van der Waals surface area contributed by atoms with E-state index in [4.69, 9.17) is 4.42 Å². The molecule has 1 aromatic heterocycles. The molecule has 1 unspecified atom stereocenters. The van der Waals surface area contributed by atoms with E-state index in [1.165, 1.54) is 0 Å². The van der Waals surface area contributed by atoms with Gasteiger partial charge in [-0.3, -0.25) is 4.79 Å². The number of para-hydroxylation sites is 1. The van der Waals surface area contributed by atoms with E-state index < -0.39 is 0 Å². The number of fused-ring (bicyclic) bond motifs is 1. The van der Waals surface area contributed by atoms with Crippen molar-refractivity contribution in [3.8, 4) is 6.07 Å². The van der Waals surface area contributed by atoms with Gasteiger partial charge in [0.25, 0.3) is 0 Å². The van der Waals surface area contributed by atoms with Crippen LogP contribution in [0, 0.1) is 23.7 Å². The second-order valence-corrected chi connectivity index (χ2v) is 9.35. The maximum Gasteiger partial charge on any atom is 0.200 e. The third kappa shape index (κ3) is 4.29. The van der Waals surface area contributed by atoms with Gasteiger partial charge < -0.3 is 14.6 Å². The highest BCUT2D eigenvalue weighted by Crippen LogP contribution is 2.34. The highest BCUT2D eigenvalue weighted by Gasteiger charge is 2.27. The molecule has 3 aromatic rings. The lowest BCUT2D eigenvalue weighted by atomic mass is 9.83. The minimum absolute atomic E-state index is 0.0179. The molecule has 4 rings (SSSR count). The van der Waals surface area contributed by atoms with Gasteiger partial charge in [-0.2, -0.15) is 5.26 Å². The molecule has 160 valence electrons. The van der Waals surface area contributed by atoms with Gasteiger partial charge in [-0.15, -0.1) is 0 Å². The van der Waals surface area contributed by atoms with Crippen molar-refractivity contribution in [3.63, 3.8) is 0 Å². The summed E-state index contributed by atoms with van der Waals surface area (Å²) in [6.45, 7) is 10.3. The van der Waals surface area contributed by atoms with Crippen LogP contribution in [0.2, 0.25) is 0 Å². The van der Waals surface area contributed by atoms with E-state index in [1.807, 2.05) is 38.1 Å². The molecule has 1 atom stereocenters. The normalized spacial score (nSPS) is 16.7. The molecule has 5 nitrogen and oxygen atoms in total. The number of hydrogen-bond donors (Lipinski definition) is 1. The smallest absolute Gasteiger partial charge is 0.200 e. The fraction of sp³-hybridized carbons (Fsp3) is 0.385. The predicted molar refractivity (Wildman–Crippen MR) is 126 cm³/mol. The second kappa shape index (κ2) is 8.11. The van der Waals surface area contributed by atoms with Crippen molar-refractivity contribution in [2.45, 2.75) is 46.6 Å². The maximum atomic E-state index is 13.0. The number of rotatable bonds is 4. The Morgan fingerprint density at radius 1 is 1.16 bits per heavy atom. The monoisotopic (exact) mass is 415 g/mol. The van der Waals surface area contributed by atoms with Gasteiger partial charge in [-0.05, 0) is 55.9 Å². The van der Waals surface area contributed by atoms with E-state index in [2.05, 4.69) is 36.2 Å². The standard InChI is InChI=1S/C26H29N3O2/c1-17-13-20(18(2)28-22-8-6-5-7-19(22)16-27)25-21(14-17)23(30)15-24(31-25)29-11-9-26(3,4)10-12-29/h5-8,13-15,18,28H,9-12H2,1-4H3.